The summed E-state index contributed by atoms with van der Waals surface area (Å²) in [4.78, 5) is 23.6. The van der Waals surface area contributed by atoms with Gasteiger partial charge in [-0.2, -0.15) is 13.2 Å². The van der Waals surface area contributed by atoms with Crippen molar-refractivity contribution in [3.8, 4) is 5.75 Å². The molecule has 3 rings (SSSR count). The Morgan fingerprint density at radius 1 is 1.09 bits per heavy atom. The zero-order valence-corrected chi connectivity index (χ0v) is 17.6. The Hall–Kier alpha value is -3.38. The number of carbonyl (C=O) groups is 1. The van der Waals surface area contributed by atoms with Crippen LogP contribution in [-0.2, 0) is 21.0 Å². The number of amides is 1. The van der Waals surface area contributed by atoms with Crippen molar-refractivity contribution < 1.29 is 35.5 Å². The number of fused-ring (bicyclic) bond motifs is 1. The SMILES string of the molecule is CN(C)S(=O)(=O)c1ccc(NC(=O)COc2ccc3c(C(F)(F)F)cc(=O)oc3c2)cc1. The number of halogens is 3. The molecule has 170 valence electrons. The van der Waals surface area contributed by atoms with Crippen LogP contribution in [0.3, 0.4) is 0 Å². The van der Waals surface area contributed by atoms with Gasteiger partial charge in [0.15, 0.2) is 6.61 Å². The molecule has 1 aromatic heterocycles. The summed E-state index contributed by atoms with van der Waals surface area (Å²) in [7, 11) is -0.821. The van der Waals surface area contributed by atoms with Gasteiger partial charge >= 0.3 is 11.8 Å². The minimum absolute atomic E-state index is 0.0162. The first-order valence-electron chi connectivity index (χ1n) is 8.98. The molecule has 32 heavy (non-hydrogen) atoms. The van der Waals surface area contributed by atoms with Crippen LogP contribution in [-0.4, -0.2) is 39.3 Å². The first kappa shape index (κ1) is 23.3. The van der Waals surface area contributed by atoms with E-state index in [0.717, 1.165) is 16.4 Å². The minimum atomic E-state index is -4.74. The molecule has 0 atom stereocenters. The summed E-state index contributed by atoms with van der Waals surface area (Å²) in [6.07, 6.45) is -4.74. The maximum absolute atomic E-state index is 13.1. The molecule has 1 N–H and O–H groups in total. The van der Waals surface area contributed by atoms with Gasteiger partial charge in [-0.3, -0.25) is 4.79 Å². The van der Waals surface area contributed by atoms with Crippen molar-refractivity contribution >= 4 is 32.6 Å². The van der Waals surface area contributed by atoms with Crippen LogP contribution in [0.4, 0.5) is 18.9 Å². The lowest BCUT2D eigenvalue weighted by molar-refractivity contribution is -0.136. The number of anilines is 1. The van der Waals surface area contributed by atoms with E-state index in [-0.39, 0.29) is 21.6 Å². The van der Waals surface area contributed by atoms with Gasteiger partial charge in [-0.15, -0.1) is 0 Å². The first-order valence-corrected chi connectivity index (χ1v) is 10.4. The second-order valence-corrected chi connectivity index (χ2v) is 8.94. The lowest BCUT2D eigenvalue weighted by Crippen LogP contribution is -2.22. The summed E-state index contributed by atoms with van der Waals surface area (Å²) < 4.78 is 74.5. The van der Waals surface area contributed by atoms with Crippen LogP contribution in [0.1, 0.15) is 5.56 Å². The summed E-state index contributed by atoms with van der Waals surface area (Å²) in [5.74, 6) is -0.582. The molecule has 0 saturated heterocycles. The number of hydrogen-bond acceptors (Lipinski definition) is 6. The second kappa shape index (κ2) is 8.63. The molecule has 0 unspecified atom stereocenters. The highest BCUT2D eigenvalue weighted by Gasteiger charge is 2.33. The summed E-state index contributed by atoms with van der Waals surface area (Å²) in [6, 6.07) is 9.20. The fourth-order valence-corrected chi connectivity index (χ4v) is 3.64. The van der Waals surface area contributed by atoms with E-state index in [4.69, 9.17) is 9.15 Å². The number of alkyl halides is 3. The third-order valence-corrected chi connectivity index (χ3v) is 6.14. The zero-order valence-electron chi connectivity index (χ0n) is 16.8. The van der Waals surface area contributed by atoms with Crippen molar-refractivity contribution in [1.82, 2.24) is 4.31 Å². The standard InChI is InChI=1S/C20H17F3N2O6S/c1-25(2)32(28,29)14-6-3-12(4-7-14)24-18(26)11-30-13-5-8-15-16(20(21,22)23)10-19(27)31-17(15)9-13/h3-10H,11H2,1-2H3,(H,24,26). The van der Waals surface area contributed by atoms with Crippen LogP contribution < -0.4 is 15.7 Å². The molecule has 0 aliphatic heterocycles. The number of sulfonamides is 1. The van der Waals surface area contributed by atoms with E-state index < -0.39 is 39.9 Å². The van der Waals surface area contributed by atoms with Crippen LogP contribution >= 0.6 is 0 Å². The fourth-order valence-electron chi connectivity index (χ4n) is 2.73. The molecule has 3 aromatic rings. The van der Waals surface area contributed by atoms with Gasteiger partial charge in [-0.1, -0.05) is 0 Å². The highest BCUT2D eigenvalue weighted by Crippen LogP contribution is 2.34. The Bertz CT molecular complexity index is 1320. The van der Waals surface area contributed by atoms with Crippen LogP contribution in [0.15, 0.2) is 62.6 Å². The Morgan fingerprint density at radius 3 is 2.34 bits per heavy atom. The van der Waals surface area contributed by atoms with E-state index in [1.165, 1.54) is 44.4 Å². The molecule has 12 heteroatoms. The third kappa shape index (κ3) is 5.08. The Balaban J connectivity index is 1.69. The smallest absolute Gasteiger partial charge is 0.417 e. The highest BCUT2D eigenvalue weighted by atomic mass is 32.2. The predicted molar refractivity (Wildman–Crippen MR) is 109 cm³/mol. The van der Waals surface area contributed by atoms with E-state index in [9.17, 15) is 31.2 Å². The van der Waals surface area contributed by atoms with Gasteiger partial charge in [0, 0.05) is 37.3 Å². The number of benzene rings is 2. The van der Waals surface area contributed by atoms with Crippen LogP contribution in [0.5, 0.6) is 5.75 Å². The third-order valence-electron chi connectivity index (χ3n) is 4.31. The molecule has 8 nitrogen and oxygen atoms in total. The largest absolute Gasteiger partial charge is 0.484 e. The predicted octanol–water partition coefficient (Wildman–Crippen LogP) is 3.08. The van der Waals surface area contributed by atoms with Gasteiger partial charge in [0.05, 0.1) is 10.5 Å². The van der Waals surface area contributed by atoms with Crippen molar-refractivity contribution in [2.24, 2.45) is 0 Å². The van der Waals surface area contributed by atoms with Crippen LogP contribution in [0, 0.1) is 0 Å². The molecule has 2 aromatic carbocycles. The topological polar surface area (TPSA) is 106 Å². The van der Waals surface area contributed by atoms with Crippen molar-refractivity contribution in [2.45, 2.75) is 11.1 Å². The summed E-state index contributed by atoms with van der Waals surface area (Å²) in [5.41, 5.74) is -2.32. The number of carbonyl (C=O) groups excluding carboxylic acids is 1. The van der Waals surface area contributed by atoms with Crippen molar-refractivity contribution in [3.63, 3.8) is 0 Å². The van der Waals surface area contributed by atoms with Crippen molar-refractivity contribution in [1.29, 1.82) is 0 Å². The molecule has 1 amide bonds. The summed E-state index contributed by atoms with van der Waals surface area (Å²) in [6.45, 7) is -0.494. The van der Waals surface area contributed by atoms with Gasteiger partial charge in [-0.05, 0) is 36.4 Å². The molecule has 0 spiro atoms. The zero-order chi connectivity index (χ0) is 23.7. The lowest BCUT2D eigenvalue weighted by atomic mass is 10.1. The number of nitrogens with one attached hydrogen (secondary N) is 1. The lowest BCUT2D eigenvalue weighted by Gasteiger charge is -2.12. The normalized spacial score (nSPS) is 12.2. The van der Waals surface area contributed by atoms with Gasteiger partial charge < -0.3 is 14.5 Å². The van der Waals surface area contributed by atoms with Crippen LogP contribution in [0.2, 0.25) is 0 Å². The maximum atomic E-state index is 13.1. The van der Waals surface area contributed by atoms with E-state index in [0.29, 0.717) is 11.8 Å². The minimum Gasteiger partial charge on any atom is -0.484 e. The number of rotatable bonds is 6. The fraction of sp³-hybridized carbons (Fsp3) is 0.200. The quantitative estimate of drug-likeness (QED) is 0.555. The molecular weight excluding hydrogens is 453 g/mol. The molecule has 0 saturated carbocycles. The van der Waals surface area contributed by atoms with Gasteiger partial charge in [0.1, 0.15) is 11.3 Å². The van der Waals surface area contributed by atoms with E-state index in [2.05, 4.69) is 5.32 Å². The number of hydrogen-bond donors (Lipinski definition) is 1. The Morgan fingerprint density at radius 2 is 1.75 bits per heavy atom. The molecular formula is C20H17F3N2O6S. The second-order valence-electron chi connectivity index (χ2n) is 6.78. The Kier molecular flexibility index (Phi) is 6.28. The molecule has 0 bridgehead atoms. The Labute approximate surface area is 180 Å². The van der Waals surface area contributed by atoms with Gasteiger partial charge in [-0.25, -0.2) is 17.5 Å². The molecule has 1 heterocycles. The number of nitrogens with zero attached hydrogens (tertiary/aromatic N) is 1. The molecule has 0 radical (unpaired) electrons. The van der Waals surface area contributed by atoms with Gasteiger partial charge in [0.2, 0.25) is 10.0 Å². The average Bonchev–Trinajstić information content (AvgIpc) is 2.71. The van der Waals surface area contributed by atoms with E-state index >= 15 is 0 Å². The monoisotopic (exact) mass is 470 g/mol. The average molecular weight is 470 g/mol. The van der Waals surface area contributed by atoms with Gasteiger partial charge in [0.25, 0.3) is 5.91 Å². The van der Waals surface area contributed by atoms with Crippen LogP contribution in [0.25, 0.3) is 11.0 Å². The van der Waals surface area contributed by atoms with E-state index in [1.807, 2.05) is 0 Å². The van der Waals surface area contributed by atoms with Crippen molar-refractivity contribution in [2.75, 3.05) is 26.0 Å². The molecule has 0 fully saturated rings. The summed E-state index contributed by atoms with van der Waals surface area (Å²) >= 11 is 0. The van der Waals surface area contributed by atoms with E-state index in [1.54, 1.807) is 0 Å². The highest BCUT2D eigenvalue weighted by molar-refractivity contribution is 7.89. The number of ether oxygens (including phenoxy) is 1. The maximum Gasteiger partial charge on any atom is 0.417 e. The summed E-state index contributed by atoms with van der Waals surface area (Å²) in [5, 5.41) is 2.18. The first-order chi connectivity index (χ1) is 14.9. The van der Waals surface area contributed by atoms with Crippen molar-refractivity contribution in [3.05, 3.63) is 64.5 Å². The molecule has 0 aliphatic carbocycles. The molecule has 0 aliphatic rings.